The summed E-state index contributed by atoms with van der Waals surface area (Å²) in [5.74, 6) is -3.39. The Bertz CT molecular complexity index is 1190. The van der Waals surface area contributed by atoms with Crippen LogP contribution in [0.5, 0.6) is 0 Å². The molecule has 0 saturated carbocycles. The zero-order chi connectivity index (χ0) is 25.3. The number of morpholine rings is 1. The fourth-order valence-electron chi connectivity index (χ4n) is 4.20. The molecule has 4 rings (SSSR count). The molecule has 1 fully saturated rings. The van der Waals surface area contributed by atoms with Crippen LogP contribution in [0.25, 0.3) is 5.70 Å². The number of anilines is 1. The van der Waals surface area contributed by atoms with Crippen LogP contribution in [0.2, 0.25) is 0 Å². The van der Waals surface area contributed by atoms with Gasteiger partial charge < -0.3 is 31.2 Å². The zero-order valence-electron chi connectivity index (χ0n) is 19.8. The number of fused-ring (bicyclic) bond motifs is 1. The summed E-state index contributed by atoms with van der Waals surface area (Å²) in [5, 5.41) is 2.74. The van der Waals surface area contributed by atoms with Gasteiger partial charge >= 0.3 is 0 Å². The number of aromatic nitrogens is 1. The second kappa shape index (κ2) is 9.53. The first kappa shape index (κ1) is 24.5. The van der Waals surface area contributed by atoms with Gasteiger partial charge in [-0.3, -0.25) is 9.78 Å². The quantitative estimate of drug-likeness (QED) is 0.595. The van der Waals surface area contributed by atoms with Crippen molar-refractivity contribution in [1.29, 1.82) is 0 Å². The molecule has 3 heterocycles. The van der Waals surface area contributed by atoms with Gasteiger partial charge in [0.2, 0.25) is 5.88 Å². The van der Waals surface area contributed by atoms with Gasteiger partial charge in [0.1, 0.15) is 11.8 Å². The minimum Gasteiger partial charge on any atom is -0.473 e. The average Bonchev–Trinajstić information content (AvgIpc) is 2.82. The number of aryl methyl sites for hydroxylation is 1. The van der Waals surface area contributed by atoms with Crippen LogP contribution in [0.4, 0.5) is 14.5 Å². The van der Waals surface area contributed by atoms with Gasteiger partial charge in [0.05, 0.1) is 25.0 Å². The predicted octanol–water partition coefficient (Wildman–Crippen LogP) is 3.30. The summed E-state index contributed by atoms with van der Waals surface area (Å²) in [4.78, 5) is 18.5. The monoisotopic (exact) mass is 485 g/mol. The first-order chi connectivity index (χ1) is 16.5. The molecule has 35 heavy (non-hydrogen) atoms. The van der Waals surface area contributed by atoms with Crippen LogP contribution in [-0.2, 0) is 15.4 Å². The summed E-state index contributed by atoms with van der Waals surface area (Å²) in [6, 6.07) is 7.76. The third kappa shape index (κ3) is 5.22. The molecular formula is C25H29F2N5O3. The molecule has 0 aliphatic carbocycles. The summed E-state index contributed by atoms with van der Waals surface area (Å²) < 4.78 is 38.6. The van der Waals surface area contributed by atoms with Crippen LogP contribution < -0.4 is 16.8 Å². The van der Waals surface area contributed by atoms with Crippen LogP contribution in [-0.4, -0.2) is 47.7 Å². The molecule has 2 atom stereocenters. The maximum absolute atomic E-state index is 13.6. The SMILES string of the molecule is Cc1ccc(NC(=O)c2ccnc(C(C)(F)F)c2)cc1/C(N)=C/C1=C(N)OC(C)C2COCCN12. The number of nitrogens with two attached hydrogens (primary N) is 2. The Morgan fingerprint density at radius 2 is 2.09 bits per heavy atom. The molecule has 5 N–H and O–H groups in total. The third-order valence-electron chi connectivity index (χ3n) is 6.15. The first-order valence-electron chi connectivity index (χ1n) is 11.3. The fraction of sp³-hybridized carbons (Fsp3) is 0.360. The van der Waals surface area contributed by atoms with Gasteiger partial charge in [-0.25, -0.2) is 0 Å². The number of halogens is 2. The lowest BCUT2D eigenvalue weighted by molar-refractivity contribution is -0.0681. The molecule has 2 unspecified atom stereocenters. The number of nitrogens with zero attached hydrogens (tertiary/aromatic N) is 2. The number of allylic oxidation sites excluding steroid dienone is 1. The summed E-state index contributed by atoms with van der Waals surface area (Å²) in [7, 11) is 0. The van der Waals surface area contributed by atoms with E-state index in [0.29, 0.717) is 48.3 Å². The number of benzene rings is 1. The molecule has 2 aliphatic rings. The topological polar surface area (TPSA) is 116 Å². The lowest BCUT2D eigenvalue weighted by Gasteiger charge is -2.44. The lowest BCUT2D eigenvalue weighted by atomic mass is 10.0. The van der Waals surface area contributed by atoms with Gasteiger partial charge in [0.15, 0.2) is 0 Å². The minimum atomic E-state index is -3.15. The van der Waals surface area contributed by atoms with E-state index in [4.69, 9.17) is 20.9 Å². The van der Waals surface area contributed by atoms with Gasteiger partial charge in [-0.15, -0.1) is 0 Å². The lowest BCUT2D eigenvalue weighted by Crippen LogP contribution is -2.54. The highest BCUT2D eigenvalue weighted by molar-refractivity contribution is 6.04. The second-order valence-electron chi connectivity index (χ2n) is 8.81. The van der Waals surface area contributed by atoms with E-state index in [1.165, 1.54) is 12.3 Å². The molecule has 10 heteroatoms. The molecular weight excluding hydrogens is 456 g/mol. The highest BCUT2D eigenvalue weighted by Gasteiger charge is 2.36. The number of nitrogens with one attached hydrogen (secondary N) is 1. The Kier molecular flexibility index (Phi) is 6.66. The smallest absolute Gasteiger partial charge is 0.286 e. The Balaban J connectivity index is 1.59. The number of pyridine rings is 1. The van der Waals surface area contributed by atoms with E-state index in [2.05, 4.69) is 15.2 Å². The molecule has 0 bridgehead atoms. The standard InChI is InChI=1S/C25H29F2N5O3/c1-14-4-5-17(31-24(33)16-6-7-30-22(10-16)25(3,26)27)11-18(14)19(28)12-20-23(29)35-15(2)21-13-34-9-8-32(20)21/h4-7,10-12,15,21H,8-9,13,28-29H2,1-3H3,(H,31,33)/b19-12-. The van der Waals surface area contributed by atoms with Crippen molar-refractivity contribution >= 4 is 17.3 Å². The molecule has 186 valence electrons. The second-order valence-corrected chi connectivity index (χ2v) is 8.81. The maximum Gasteiger partial charge on any atom is 0.286 e. The molecule has 1 saturated heterocycles. The van der Waals surface area contributed by atoms with Gasteiger partial charge in [-0.05, 0) is 49.8 Å². The van der Waals surface area contributed by atoms with Crippen molar-refractivity contribution in [3.8, 4) is 0 Å². The van der Waals surface area contributed by atoms with Crippen LogP contribution in [0.1, 0.15) is 41.0 Å². The predicted molar refractivity (Wildman–Crippen MR) is 128 cm³/mol. The van der Waals surface area contributed by atoms with Crippen LogP contribution >= 0.6 is 0 Å². The molecule has 1 aromatic carbocycles. The molecule has 1 amide bonds. The third-order valence-corrected chi connectivity index (χ3v) is 6.15. The van der Waals surface area contributed by atoms with Gasteiger partial charge in [0.25, 0.3) is 11.8 Å². The maximum atomic E-state index is 13.6. The van der Waals surface area contributed by atoms with Crippen molar-refractivity contribution in [2.24, 2.45) is 11.5 Å². The van der Waals surface area contributed by atoms with Gasteiger partial charge in [-0.2, -0.15) is 8.78 Å². The Hall–Kier alpha value is -3.66. The summed E-state index contributed by atoms with van der Waals surface area (Å²) in [6.45, 7) is 6.36. The number of rotatable bonds is 5. The van der Waals surface area contributed by atoms with Crippen LogP contribution in [0.3, 0.4) is 0 Å². The highest BCUT2D eigenvalue weighted by atomic mass is 19.3. The molecule has 0 radical (unpaired) electrons. The summed E-state index contributed by atoms with van der Waals surface area (Å²) >= 11 is 0. The molecule has 0 spiro atoms. The number of alkyl halides is 2. The van der Waals surface area contributed by atoms with Crippen molar-refractivity contribution in [2.45, 2.75) is 38.8 Å². The minimum absolute atomic E-state index is 0.0302. The molecule has 1 aromatic heterocycles. The van der Waals surface area contributed by atoms with Crippen molar-refractivity contribution in [3.05, 3.63) is 76.6 Å². The van der Waals surface area contributed by atoms with Gasteiger partial charge in [-0.1, -0.05) is 6.07 Å². The van der Waals surface area contributed by atoms with Gasteiger partial charge in [0, 0.05) is 42.2 Å². The zero-order valence-corrected chi connectivity index (χ0v) is 19.8. The van der Waals surface area contributed by atoms with E-state index < -0.39 is 17.5 Å². The normalized spacial score (nSPS) is 20.8. The Morgan fingerprint density at radius 3 is 2.83 bits per heavy atom. The highest BCUT2D eigenvalue weighted by Crippen LogP contribution is 2.30. The largest absolute Gasteiger partial charge is 0.473 e. The number of hydrogen-bond acceptors (Lipinski definition) is 7. The Morgan fingerprint density at radius 1 is 1.31 bits per heavy atom. The van der Waals surface area contributed by atoms with E-state index in [-0.39, 0.29) is 17.7 Å². The summed E-state index contributed by atoms with van der Waals surface area (Å²) in [5.41, 5.74) is 15.5. The number of amides is 1. The summed E-state index contributed by atoms with van der Waals surface area (Å²) in [6.07, 6.45) is 2.84. The molecule has 2 aliphatic heterocycles. The van der Waals surface area contributed by atoms with E-state index in [0.717, 1.165) is 18.6 Å². The number of ether oxygens (including phenoxy) is 2. The molecule has 2 aromatic rings. The van der Waals surface area contributed by atoms with Crippen molar-refractivity contribution in [2.75, 3.05) is 25.1 Å². The average molecular weight is 486 g/mol. The number of carbonyl (C=O) groups is 1. The Labute approximate surface area is 202 Å². The number of carbonyl (C=O) groups excluding carboxylic acids is 1. The van der Waals surface area contributed by atoms with E-state index in [9.17, 15) is 13.6 Å². The molecule has 8 nitrogen and oxygen atoms in total. The van der Waals surface area contributed by atoms with Crippen molar-refractivity contribution in [3.63, 3.8) is 0 Å². The van der Waals surface area contributed by atoms with E-state index >= 15 is 0 Å². The van der Waals surface area contributed by atoms with Crippen LogP contribution in [0.15, 0.2) is 54.2 Å². The fourth-order valence-corrected chi connectivity index (χ4v) is 4.20. The van der Waals surface area contributed by atoms with Crippen molar-refractivity contribution in [1.82, 2.24) is 9.88 Å². The van der Waals surface area contributed by atoms with Crippen LogP contribution in [0, 0.1) is 6.92 Å². The van der Waals surface area contributed by atoms with E-state index in [1.807, 2.05) is 19.9 Å². The first-order valence-corrected chi connectivity index (χ1v) is 11.3. The van der Waals surface area contributed by atoms with Crippen molar-refractivity contribution < 1.29 is 23.0 Å². The van der Waals surface area contributed by atoms with E-state index in [1.54, 1.807) is 18.2 Å². The number of hydrogen-bond donors (Lipinski definition) is 3.